The van der Waals surface area contributed by atoms with Crippen LogP contribution >= 0.6 is 0 Å². The number of aromatic nitrogens is 3. The molecule has 0 radical (unpaired) electrons. The van der Waals surface area contributed by atoms with Crippen LogP contribution in [0.3, 0.4) is 0 Å². The Balaban J connectivity index is 2.35. The molecule has 9 heteroatoms. The van der Waals surface area contributed by atoms with Crippen molar-refractivity contribution in [2.24, 2.45) is 0 Å². The molecule has 9 nitrogen and oxygen atoms in total. The minimum Gasteiger partial charge on any atom is -0.394 e. The first kappa shape index (κ1) is 11.9. The van der Waals surface area contributed by atoms with Crippen LogP contribution in [0.1, 0.15) is 6.23 Å². The van der Waals surface area contributed by atoms with Crippen molar-refractivity contribution in [3.63, 3.8) is 0 Å². The molecular formula is C8H11N3O6. The highest BCUT2D eigenvalue weighted by molar-refractivity contribution is 4.88. The molecule has 1 saturated heterocycles. The van der Waals surface area contributed by atoms with E-state index in [-0.39, 0.29) is 0 Å². The molecule has 0 amide bonds. The first-order valence-electron chi connectivity index (χ1n) is 4.85. The zero-order valence-corrected chi connectivity index (χ0v) is 8.55. The summed E-state index contributed by atoms with van der Waals surface area (Å²) in [6.07, 6.45) is -4.15. The fraction of sp³-hybridized carbons (Fsp3) is 0.625. The lowest BCUT2D eigenvalue weighted by atomic mass is 10.1. The molecule has 0 unspecified atom stereocenters. The number of H-pyrrole nitrogens is 1. The van der Waals surface area contributed by atoms with Gasteiger partial charge in [-0.2, -0.15) is 9.78 Å². The maximum atomic E-state index is 11.4. The maximum absolute atomic E-state index is 11.4. The van der Waals surface area contributed by atoms with Crippen molar-refractivity contribution in [1.29, 1.82) is 0 Å². The van der Waals surface area contributed by atoms with Crippen LogP contribution in [0.15, 0.2) is 15.8 Å². The number of nitrogens with one attached hydrogen (secondary N) is 1. The summed E-state index contributed by atoms with van der Waals surface area (Å²) in [7, 11) is 0. The van der Waals surface area contributed by atoms with Crippen molar-refractivity contribution < 1.29 is 20.1 Å². The van der Waals surface area contributed by atoms with Crippen molar-refractivity contribution in [2.75, 3.05) is 6.61 Å². The lowest BCUT2D eigenvalue weighted by Gasteiger charge is -2.14. The summed E-state index contributed by atoms with van der Waals surface area (Å²) in [5, 5.41) is 31.5. The molecule has 1 aromatic rings. The molecule has 0 aromatic carbocycles. The summed E-state index contributed by atoms with van der Waals surface area (Å²) in [6.45, 7) is -0.507. The minimum atomic E-state index is -1.41. The van der Waals surface area contributed by atoms with Crippen molar-refractivity contribution >= 4 is 0 Å². The number of hydrogen-bond acceptors (Lipinski definition) is 7. The van der Waals surface area contributed by atoms with Gasteiger partial charge >= 0.3 is 5.69 Å². The second-order valence-corrected chi connectivity index (χ2v) is 3.61. The first-order valence-corrected chi connectivity index (χ1v) is 4.85. The van der Waals surface area contributed by atoms with E-state index in [1.807, 2.05) is 4.98 Å². The van der Waals surface area contributed by atoms with Crippen molar-refractivity contribution in [1.82, 2.24) is 14.8 Å². The number of ether oxygens (including phenoxy) is 1. The second kappa shape index (κ2) is 4.37. The highest BCUT2D eigenvalue weighted by atomic mass is 16.6. The highest BCUT2D eigenvalue weighted by Crippen LogP contribution is 2.27. The Morgan fingerprint density at radius 3 is 2.65 bits per heavy atom. The Morgan fingerprint density at radius 1 is 1.41 bits per heavy atom. The van der Waals surface area contributed by atoms with Crippen LogP contribution < -0.4 is 11.2 Å². The zero-order chi connectivity index (χ0) is 12.6. The van der Waals surface area contributed by atoms with Crippen LogP contribution in [0.2, 0.25) is 0 Å². The molecule has 17 heavy (non-hydrogen) atoms. The van der Waals surface area contributed by atoms with Crippen LogP contribution in [0.4, 0.5) is 0 Å². The van der Waals surface area contributed by atoms with Gasteiger partial charge in [0, 0.05) is 0 Å². The van der Waals surface area contributed by atoms with Gasteiger partial charge in [-0.05, 0) is 0 Å². The van der Waals surface area contributed by atoms with E-state index in [9.17, 15) is 19.8 Å². The number of aliphatic hydroxyl groups is 3. The summed E-state index contributed by atoms with van der Waals surface area (Å²) >= 11 is 0. The molecule has 1 aliphatic heterocycles. The Labute approximate surface area is 93.9 Å². The third kappa shape index (κ3) is 2.00. The lowest BCUT2D eigenvalue weighted by molar-refractivity contribution is -0.0618. The van der Waals surface area contributed by atoms with Crippen molar-refractivity contribution in [2.45, 2.75) is 24.5 Å². The van der Waals surface area contributed by atoms with Crippen LogP contribution in [0.5, 0.6) is 0 Å². The van der Waals surface area contributed by atoms with E-state index >= 15 is 0 Å². The van der Waals surface area contributed by atoms with Crippen LogP contribution in [0, 0.1) is 0 Å². The number of rotatable bonds is 2. The number of aromatic amines is 1. The molecule has 2 rings (SSSR count). The largest absolute Gasteiger partial charge is 0.394 e. The van der Waals surface area contributed by atoms with Crippen LogP contribution in [-0.4, -0.2) is 55.0 Å². The normalized spacial score (nSPS) is 32.9. The molecule has 4 N–H and O–H groups in total. The van der Waals surface area contributed by atoms with Gasteiger partial charge in [0.05, 0.1) is 6.61 Å². The van der Waals surface area contributed by atoms with Crippen molar-refractivity contribution in [3.8, 4) is 0 Å². The van der Waals surface area contributed by atoms with Gasteiger partial charge in [-0.15, -0.1) is 0 Å². The SMILES string of the molecule is O=c1cnn([C@@H]2O[C@@H](CO)[C@H](O)[C@@H]2O)c(=O)[nH]1. The van der Waals surface area contributed by atoms with E-state index in [1.165, 1.54) is 0 Å². The van der Waals surface area contributed by atoms with E-state index in [0.717, 1.165) is 6.20 Å². The second-order valence-electron chi connectivity index (χ2n) is 3.61. The molecule has 0 aliphatic carbocycles. The zero-order valence-electron chi connectivity index (χ0n) is 8.55. The Bertz CT molecular complexity index is 510. The van der Waals surface area contributed by atoms with E-state index in [4.69, 9.17) is 9.84 Å². The van der Waals surface area contributed by atoms with Crippen LogP contribution in [-0.2, 0) is 4.74 Å². The number of hydrogen-bond donors (Lipinski definition) is 4. The highest BCUT2D eigenvalue weighted by Gasteiger charge is 2.44. The Kier molecular flexibility index (Phi) is 3.07. The third-order valence-corrected chi connectivity index (χ3v) is 2.50. The van der Waals surface area contributed by atoms with E-state index in [0.29, 0.717) is 4.68 Å². The molecule has 1 fully saturated rings. The average molecular weight is 245 g/mol. The van der Waals surface area contributed by atoms with Gasteiger partial charge in [-0.3, -0.25) is 9.78 Å². The quantitative estimate of drug-likeness (QED) is 0.425. The lowest BCUT2D eigenvalue weighted by Crippen LogP contribution is -2.39. The number of nitrogens with zero attached hydrogens (tertiary/aromatic N) is 2. The topological polar surface area (TPSA) is 138 Å². The fourth-order valence-electron chi connectivity index (χ4n) is 1.63. The van der Waals surface area contributed by atoms with Gasteiger partial charge in [0.2, 0.25) is 0 Å². The summed E-state index contributed by atoms with van der Waals surface area (Å²) in [5.74, 6) is 0. The van der Waals surface area contributed by atoms with E-state index in [2.05, 4.69) is 5.10 Å². The fourth-order valence-corrected chi connectivity index (χ4v) is 1.63. The van der Waals surface area contributed by atoms with E-state index < -0.39 is 42.4 Å². The predicted octanol–water partition coefficient (Wildman–Crippen LogP) is -3.46. The number of aliphatic hydroxyl groups excluding tert-OH is 3. The van der Waals surface area contributed by atoms with Crippen molar-refractivity contribution in [3.05, 3.63) is 27.0 Å². The summed E-state index contributed by atoms with van der Waals surface area (Å²) < 4.78 is 5.77. The maximum Gasteiger partial charge on any atom is 0.347 e. The molecule has 94 valence electrons. The molecule has 1 aromatic heterocycles. The molecule has 0 bridgehead atoms. The van der Waals surface area contributed by atoms with Gasteiger partial charge in [0.25, 0.3) is 5.56 Å². The summed E-state index contributed by atoms with van der Waals surface area (Å²) in [4.78, 5) is 24.1. The smallest absolute Gasteiger partial charge is 0.347 e. The molecule has 2 heterocycles. The van der Waals surface area contributed by atoms with Crippen LogP contribution in [0.25, 0.3) is 0 Å². The molecule has 1 aliphatic rings. The summed E-state index contributed by atoms with van der Waals surface area (Å²) in [5.41, 5.74) is -1.55. The monoisotopic (exact) mass is 245 g/mol. The Hall–Kier alpha value is -1.55. The molecule has 4 atom stereocenters. The molecular weight excluding hydrogens is 234 g/mol. The minimum absolute atomic E-state index is 0.507. The average Bonchev–Trinajstić information content (AvgIpc) is 2.57. The molecule has 0 saturated carbocycles. The van der Waals surface area contributed by atoms with Gasteiger partial charge in [-0.1, -0.05) is 0 Å². The Morgan fingerprint density at radius 2 is 2.12 bits per heavy atom. The summed E-state index contributed by atoms with van der Waals surface area (Å²) in [6, 6.07) is 0. The standard InChI is InChI=1S/C8H11N3O6/c12-2-3-5(14)6(15)7(17-3)11-8(16)10-4(13)1-9-11/h1,3,5-7,12,14-15H,2H2,(H,10,13,16)/t3-,5-,6-,7+/m0/s1. The predicted molar refractivity (Wildman–Crippen MR) is 52.1 cm³/mol. The van der Waals surface area contributed by atoms with Gasteiger partial charge in [-0.25, -0.2) is 4.79 Å². The molecule has 0 spiro atoms. The van der Waals surface area contributed by atoms with Gasteiger partial charge in [0.15, 0.2) is 6.23 Å². The van der Waals surface area contributed by atoms with E-state index in [1.54, 1.807) is 0 Å². The van der Waals surface area contributed by atoms with Gasteiger partial charge < -0.3 is 20.1 Å². The van der Waals surface area contributed by atoms with Gasteiger partial charge in [0.1, 0.15) is 24.5 Å². The first-order chi connectivity index (χ1) is 8.04. The third-order valence-electron chi connectivity index (χ3n) is 2.50.